The van der Waals surface area contributed by atoms with Gasteiger partial charge in [-0.2, -0.15) is 22.7 Å². The quantitative estimate of drug-likeness (QED) is 0.112. The van der Waals surface area contributed by atoms with Gasteiger partial charge < -0.3 is 19.9 Å². The van der Waals surface area contributed by atoms with E-state index in [1.54, 1.807) is 17.6 Å². The van der Waals surface area contributed by atoms with Gasteiger partial charge >= 0.3 is 0 Å². The van der Waals surface area contributed by atoms with E-state index in [0.717, 1.165) is 33.9 Å². The van der Waals surface area contributed by atoms with Crippen LogP contribution in [0, 0.1) is 24.3 Å². The second kappa shape index (κ2) is 29.0. The van der Waals surface area contributed by atoms with Crippen LogP contribution in [-0.2, 0) is 40.2 Å². The molecule has 2 aliphatic rings. The number of benzene rings is 6. The molecule has 2 aliphatic carbocycles. The molecule has 2 fully saturated rings. The summed E-state index contributed by atoms with van der Waals surface area (Å²) in [6.45, 7) is 14.6. The van der Waals surface area contributed by atoms with Crippen LogP contribution >= 0.6 is 22.7 Å². The van der Waals surface area contributed by atoms with Gasteiger partial charge in [0.05, 0.1) is 8.07 Å². The Bertz CT molecular complexity index is 3890. The molecule has 430 valence electrons. The molecule has 0 unspecified atom stereocenters. The Morgan fingerprint density at radius 2 is 0.893 bits per heavy atom. The molecule has 0 N–H and O–H groups in total. The summed E-state index contributed by atoms with van der Waals surface area (Å²) in [6.07, 6.45) is 21.1. The molecule has 2 radical (unpaired) electrons. The molecular formula is C74H72Ir2N4S2Si2-4. The van der Waals surface area contributed by atoms with Crippen molar-refractivity contribution in [3.8, 4) is 45.0 Å². The minimum absolute atomic E-state index is 0. The van der Waals surface area contributed by atoms with Crippen molar-refractivity contribution >= 4 is 89.5 Å². The van der Waals surface area contributed by atoms with E-state index >= 15 is 0 Å². The molecule has 12 aromatic rings. The number of hydrogen-bond acceptors (Lipinski definition) is 6. The summed E-state index contributed by atoms with van der Waals surface area (Å²) in [7, 11) is -2.91. The molecule has 10 heteroatoms. The van der Waals surface area contributed by atoms with Gasteiger partial charge in [-0.25, -0.2) is 0 Å². The smallest absolute Gasteiger partial charge is 0.0783 e. The number of fused-ring (bicyclic) bond motifs is 6. The summed E-state index contributed by atoms with van der Waals surface area (Å²) in [5.74, 6) is 1.40. The molecule has 2 saturated carbocycles. The van der Waals surface area contributed by atoms with Crippen LogP contribution in [0.3, 0.4) is 0 Å². The number of thiophene rings is 2. The second-order valence-electron chi connectivity index (χ2n) is 23.9. The van der Waals surface area contributed by atoms with Crippen LogP contribution in [-0.4, -0.2) is 36.1 Å². The van der Waals surface area contributed by atoms with Gasteiger partial charge in [-0.05, 0) is 117 Å². The van der Waals surface area contributed by atoms with Crippen LogP contribution in [0.15, 0.2) is 195 Å². The van der Waals surface area contributed by atoms with E-state index in [4.69, 9.17) is 9.97 Å². The normalized spacial score (nSPS) is 13.8. The van der Waals surface area contributed by atoms with Crippen LogP contribution in [0.2, 0.25) is 39.3 Å². The van der Waals surface area contributed by atoms with Gasteiger partial charge in [0.15, 0.2) is 0 Å². The molecule has 0 aliphatic heterocycles. The maximum atomic E-state index is 4.80. The van der Waals surface area contributed by atoms with Crippen LogP contribution in [0.25, 0.3) is 85.4 Å². The maximum absolute atomic E-state index is 4.80. The van der Waals surface area contributed by atoms with Gasteiger partial charge in [0.1, 0.15) is 0 Å². The third-order valence-electron chi connectivity index (χ3n) is 16.1. The molecule has 84 heavy (non-hydrogen) atoms. The second-order valence-corrected chi connectivity index (χ2v) is 36.0. The van der Waals surface area contributed by atoms with E-state index in [1.165, 1.54) is 132 Å². The van der Waals surface area contributed by atoms with Crippen molar-refractivity contribution in [3.05, 3.63) is 230 Å². The first-order valence-electron chi connectivity index (χ1n) is 29.4. The van der Waals surface area contributed by atoms with Crippen molar-refractivity contribution in [1.29, 1.82) is 0 Å². The number of pyridine rings is 4. The molecular weight excluding hydrogens is 1450 g/mol. The summed E-state index contributed by atoms with van der Waals surface area (Å²) in [5.41, 5.74) is 11.5. The summed E-state index contributed by atoms with van der Waals surface area (Å²) in [4.78, 5) is 18.0. The van der Waals surface area contributed by atoms with E-state index in [9.17, 15) is 0 Å². The average Bonchev–Trinajstić information content (AvgIpc) is 2.25. The Kier molecular flexibility index (Phi) is 21.6. The predicted octanol–water partition coefficient (Wildman–Crippen LogP) is 20.1. The van der Waals surface area contributed by atoms with Crippen molar-refractivity contribution in [1.82, 2.24) is 19.9 Å². The van der Waals surface area contributed by atoms with E-state index in [0.29, 0.717) is 11.8 Å². The van der Waals surface area contributed by atoms with Crippen molar-refractivity contribution in [2.24, 2.45) is 0 Å². The summed E-state index contributed by atoms with van der Waals surface area (Å²) >= 11 is 3.81. The van der Waals surface area contributed by atoms with E-state index in [1.807, 2.05) is 120 Å². The van der Waals surface area contributed by atoms with Crippen LogP contribution in [0.4, 0.5) is 0 Å². The Labute approximate surface area is 535 Å². The molecule has 4 nitrogen and oxygen atoms in total. The topological polar surface area (TPSA) is 51.6 Å². The van der Waals surface area contributed by atoms with Crippen LogP contribution in [0.1, 0.15) is 87.2 Å². The number of nitrogens with zero attached hydrogens (tertiary/aromatic N) is 4. The standard InChI is InChI=1S/2C26H28NSSi.2C11H8N.2Ir/c1-29(2,3)24-14-8-13-23-25(24)21-12-7-11-20(26(21)28-23)22-17-19(15-16-27-22)18-9-5-4-6-10-18;1-29(2,3)24-14-13-20(26-25(24)21-11-7-8-12-23(21)28-26)22-17-19(15-16-27-22)18-9-5-4-6-10-18;2*1-2-6-10(7-3-1)11-8-4-5-9-12-11;;/h7-8,12-18H,4-6,9-10H2,1-3H3;7-8,11-12,14-18H,4-6,9-10H2,1-3H3;2*1-6,8-9H;;/q4*-1;;. The number of rotatable bonds is 8. The predicted molar refractivity (Wildman–Crippen MR) is 357 cm³/mol. The minimum atomic E-state index is -1.49. The largest absolute Gasteiger partial charge is 0.305 e. The monoisotopic (exact) mass is 1520 g/mol. The molecule has 0 amide bonds. The van der Waals surface area contributed by atoms with Crippen LogP contribution in [0.5, 0.6) is 0 Å². The zero-order valence-corrected chi connectivity index (χ0v) is 57.4. The Balaban J connectivity index is 0.000000144. The van der Waals surface area contributed by atoms with Gasteiger partial charge in [-0.15, -0.1) is 118 Å². The fraction of sp³-hybridized carbons (Fsp3) is 0.243. The van der Waals surface area contributed by atoms with Crippen molar-refractivity contribution in [2.75, 3.05) is 0 Å². The molecule has 14 rings (SSSR count). The fourth-order valence-electron chi connectivity index (χ4n) is 11.9. The third kappa shape index (κ3) is 14.8. The molecule has 0 atom stereocenters. The number of hydrogen-bond donors (Lipinski definition) is 0. The van der Waals surface area contributed by atoms with Crippen LogP contribution < -0.4 is 10.4 Å². The van der Waals surface area contributed by atoms with Crippen molar-refractivity contribution in [2.45, 2.75) is 115 Å². The number of aromatic nitrogens is 4. The summed E-state index contributed by atoms with van der Waals surface area (Å²) in [6, 6.07) is 72.3. The molecule has 0 spiro atoms. The molecule has 6 heterocycles. The zero-order chi connectivity index (χ0) is 56.5. The third-order valence-corrected chi connectivity index (χ3v) is 22.5. The van der Waals surface area contributed by atoms with Crippen molar-refractivity contribution in [3.63, 3.8) is 0 Å². The first-order valence-corrected chi connectivity index (χ1v) is 38.0. The van der Waals surface area contributed by atoms with Gasteiger partial charge in [0.2, 0.25) is 0 Å². The molecule has 0 saturated heterocycles. The SMILES string of the molecule is C[Si](C)(C)c1c[c-]c(-c2cc(C3CCCCC3)ccn2)c2sc3ccccc3c12.C[Si](C)(C)c1cccc2sc3c(-c4cc(C5CCCCC5)ccn4)[c-]ccc3c12.[Ir].[Ir].[c-]1ccccc1-c1ccccn1.[c-]1ccccc1-c1ccccn1. The Morgan fingerprint density at radius 3 is 1.42 bits per heavy atom. The van der Waals surface area contributed by atoms with E-state index in [-0.39, 0.29) is 40.2 Å². The van der Waals surface area contributed by atoms with Gasteiger partial charge in [0.25, 0.3) is 0 Å². The Morgan fingerprint density at radius 1 is 0.393 bits per heavy atom. The maximum Gasteiger partial charge on any atom is 0.0783 e. The minimum Gasteiger partial charge on any atom is -0.305 e. The van der Waals surface area contributed by atoms with E-state index in [2.05, 4.69) is 158 Å². The van der Waals surface area contributed by atoms with E-state index < -0.39 is 16.1 Å². The van der Waals surface area contributed by atoms with Crippen molar-refractivity contribution < 1.29 is 40.2 Å². The zero-order valence-electron chi connectivity index (χ0n) is 49.0. The summed E-state index contributed by atoms with van der Waals surface area (Å²) in [5, 5.41) is 8.75. The first-order chi connectivity index (χ1) is 40.0. The average molecular weight is 1520 g/mol. The molecule has 6 aromatic carbocycles. The fourth-order valence-corrected chi connectivity index (χ4v) is 17.6. The van der Waals surface area contributed by atoms with Gasteiger partial charge in [-0.1, -0.05) is 172 Å². The first kappa shape index (κ1) is 62.6. The Hall–Kier alpha value is -5.91. The molecule has 6 aromatic heterocycles. The van der Waals surface area contributed by atoms with Gasteiger partial charge in [-0.3, -0.25) is 0 Å². The molecule has 0 bridgehead atoms. The van der Waals surface area contributed by atoms with Gasteiger partial charge in [0, 0.05) is 82.5 Å². The summed E-state index contributed by atoms with van der Waals surface area (Å²) < 4.78 is 5.46.